The van der Waals surface area contributed by atoms with E-state index in [1.165, 1.54) is 0 Å². The molecule has 1 heteroatoms. The fourth-order valence-corrected chi connectivity index (χ4v) is 6.05. The van der Waals surface area contributed by atoms with E-state index in [0.29, 0.717) is 0 Å². The molecule has 1 aromatic heterocycles. The molecule has 0 aliphatic carbocycles. The van der Waals surface area contributed by atoms with E-state index in [2.05, 4.69) is 117 Å². The maximum Gasteiger partial charge on any atom is 0.0702 e. The molecule has 0 saturated carbocycles. The van der Waals surface area contributed by atoms with Crippen LogP contribution in [0.4, 0.5) is 0 Å². The van der Waals surface area contributed by atoms with Crippen molar-refractivity contribution in [2.24, 2.45) is 0 Å². The van der Waals surface area contributed by atoms with Crippen molar-refractivity contribution < 1.29 is 0 Å². The Morgan fingerprint density at radius 1 is 0.535 bits per heavy atom. The van der Waals surface area contributed by atoms with E-state index in [9.17, 15) is 0 Å². The van der Waals surface area contributed by atoms with Crippen LogP contribution in [0.5, 0.6) is 0 Å². The molecule has 0 atom stereocenters. The maximum absolute atomic E-state index is 4.73. The monoisotopic (exact) mass is 551 g/mol. The largest absolute Gasteiger partial charge is 0.256 e. The predicted molar refractivity (Wildman–Crippen MR) is 188 cm³/mol. The number of hydrogen-bond donors (Lipinski definition) is 0. The van der Waals surface area contributed by atoms with Gasteiger partial charge >= 0.3 is 0 Å². The molecular formula is C42H33N. The van der Waals surface area contributed by atoms with E-state index in [0.717, 1.165) is 83.2 Å². The number of rotatable bonds is 8. The van der Waals surface area contributed by atoms with Crippen LogP contribution in [0.2, 0.25) is 0 Å². The highest BCUT2D eigenvalue weighted by Crippen LogP contribution is 2.45. The van der Waals surface area contributed by atoms with Gasteiger partial charge in [0, 0.05) is 17.3 Å². The number of benzene rings is 5. The highest BCUT2D eigenvalue weighted by atomic mass is 14.7. The number of fused-ring (bicyclic) bond motifs is 1. The topological polar surface area (TPSA) is 12.9 Å². The highest BCUT2D eigenvalue weighted by molar-refractivity contribution is 6.12. The standard InChI is InChI=1S/C42H33N/c1-6-33-36(28(4)5)19-14-20-37(33)42-35(8-3)34(7-2)41(38-17-12-13-18-39(38)42)31-23-21-29(22-24-31)32-25-26-40(43-27-32)30-15-10-9-11-16-30/h6-27H,1-4H2,5H3. The van der Waals surface area contributed by atoms with E-state index in [4.69, 9.17) is 4.98 Å². The number of allylic oxidation sites excluding steroid dienone is 1. The normalized spacial score (nSPS) is 10.8. The van der Waals surface area contributed by atoms with Crippen molar-refractivity contribution in [1.82, 2.24) is 4.98 Å². The first kappa shape index (κ1) is 27.6. The lowest BCUT2D eigenvalue weighted by Gasteiger charge is -2.22. The van der Waals surface area contributed by atoms with Crippen molar-refractivity contribution in [2.75, 3.05) is 0 Å². The summed E-state index contributed by atoms with van der Waals surface area (Å²) in [4.78, 5) is 4.73. The summed E-state index contributed by atoms with van der Waals surface area (Å²) in [6.07, 6.45) is 7.79. The summed E-state index contributed by atoms with van der Waals surface area (Å²) in [7, 11) is 0. The molecule has 0 bridgehead atoms. The fraction of sp³-hybridized carbons (Fsp3) is 0.0238. The molecule has 0 aliphatic heterocycles. The summed E-state index contributed by atoms with van der Waals surface area (Å²) in [5.41, 5.74) is 14.1. The summed E-state index contributed by atoms with van der Waals surface area (Å²) in [6.45, 7) is 19.0. The molecule has 0 saturated heterocycles. The molecular weight excluding hydrogens is 518 g/mol. The summed E-state index contributed by atoms with van der Waals surface area (Å²) < 4.78 is 0. The van der Waals surface area contributed by atoms with Gasteiger partial charge in [-0.2, -0.15) is 0 Å². The van der Waals surface area contributed by atoms with Gasteiger partial charge in [-0.15, -0.1) is 0 Å². The van der Waals surface area contributed by atoms with Crippen LogP contribution >= 0.6 is 0 Å². The number of pyridine rings is 1. The number of nitrogens with zero attached hydrogens (tertiary/aromatic N) is 1. The van der Waals surface area contributed by atoms with Crippen LogP contribution in [0, 0.1) is 0 Å². The van der Waals surface area contributed by atoms with Crippen LogP contribution < -0.4 is 0 Å². The minimum atomic E-state index is 0.966. The molecule has 6 rings (SSSR count). The van der Waals surface area contributed by atoms with Crippen molar-refractivity contribution in [3.05, 3.63) is 164 Å². The van der Waals surface area contributed by atoms with Gasteiger partial charge in [-0.05, 0) is 73.8 Å². The fourth-order valence-electron chi connectivity index (χ4n) is 6.05. The van der Waals surface area contributed by atoms with E-state index in [1.807, 2.05) is 49.5 Å². The minimum Gasteiger partial charge on any atom is -0.256 e. The zero-order valence-electron chi connectivity index (χ0n) is 24.5. The van der Waals surface area contributed by atoms with Crippen molar-refractivity contribution in [1.29, 1.82) is 0 Å². The van der Waals surface area contributed by atoms with Gasteiger partial charge in [0.15, 0.2) is 0 Å². The quantitative estimate of drug-likeness (QED) is 0.183. The summed E-state index contributed by atoms with van der Waals surface area (Å²) in [5, 5.41) is 2.32. The molecule has 206 valence electrons. The molecule has 0 spiro atoms. The Hall–Kier alpha value is -5.53. The Morgan fingerprint density at radius 3 is 1.72 bits per heavy atom. The smallest absolute Gasteiger partial charge is 0.0702 e. The second-order valence-corrected chi connectivity index (χ2v) is 10.7. The van der Waals surface area contributed by atoms with E-state index in [-0.39, 0.29) is 0 Å². The zero-order valence-corrected chi connectivity index (χ0v) is 24.5. The third-order valence-electron chi connectivity index (χ3n) is 8.08. The first-order chi connectivity index (χ1) is 21.0. The lowest BCUT2D eigenvalue weighted by atomic mass is 9.81. The summed E-state index contributed by atoms with van der Waals surface area (Å²) in [6, 6.07) is 38.1. The van der Waals surface area contributed by atoms with Crippen LogP contribution in [-0.4, -0.2) is 4.98 Å². The Labute approximate surface area is 254 Å². The molecule has 0 fully saturated rings. The van der Waals surface area contributed by atoms with Gasteiger partial charge < -0.3 is 0 Å². The van der Waals surface area contributed by atoms with Gasteiger partial charge in [-0.3, -0.25) is 4.98 Å². The third kappa shape index (κ3) is 4.96. The van der Waals surface area contributed by atoms with Gasteiger partial charge in [-0.1, -0.05) is 153 Å². The maximum atomic E-state index is 4.73. The molecule has 6 aromatic rings. The van der Waals surface area contributed by atoms with Crippen LogP contribution in [-0.2, 0) is 0 Å². The molecule has 0 N–H and O–H groups in total. The van der Waals surface area contributed by atoms with Gasteiger partial charge in [0.05, 0.1) is 5.69 Å². The second-order valence-electron chi connectivity index (χ2n) is 10.7. The van der Waals surface area contributed by atoms with Crippen LogP contribution in [0.3, 0.4) is 0 Å². The molecule has 43 heavy (non-hydrogen) atoms. The van der Waals surface area contributed by atoms with Crippen LogP contribution in [0.25, 0.3) is 79.2 Å². The van der Waals surface area contributed by atoms with Crippen molar-refractivity contribution in [3.63, 3.8) is 0 Å². The van der Waals surface area contributed by atoms with Crippen molar-refractivity contribution >= 4 is 34.6 Å². The number of hydrogen-bond acceptors (Lipinski definition) is 1. The third-order valence-corrected chi connectivity index (χ3v) is 8.08. The van der Waals surface area contributed by atoms with Crippen molar-refractivity contribution in [2.45, 2.75) is 6.92 Å². The van der Waals surface area contributed by atoms with Gasteiger partial charge in [0.1, 0.15) is 0 Å². The molecule has 0 amide bonds. The van der Waals surface area contributed by atoms with Crippen LogP contribution in [0.15, 0.2) is 142 Å². The summed E-state index contributed by atoms with van der Waals surface area (Å²) >= 11 is 0. The molecule has 1 nitrogen and oxygen atoms in total. The van der Waals surface area contributed by atoms with E-state index in [1.54, 1.807) is 0 Å². The Kier molecular flexibility index (Phi) is 7.56. The van der Waals surface area contributed by atoms with Gasteiger partial charge in [0.25, 0.3) is 0 Å². The predicted octanol–water partition coefficient (Wildman–Crippen LogP) is 11.9. The summed E-state index contributed by atoms with van der Waals surface area (Å²) in [5.74, 6) is 0. The first-order valence-electron chi connectivity index (χ1n) is 14.4. The second kappa shape index (κ2) is 11.8. The number of aromatic nitrogens is 1. The Morgan fingerprint density at radius 2 is 1.12 bits per heavy atom. The average molecular weight is 552 g/mol. The van der Waals surface area contributed by atoms with Gasteiger partial charge in [0.2, 0.25) is 0 Å². The van der Waals surface area contributed by atoms with Crippen LogP contribution in [0.1, 0.15) is 29.2 Å². The lowest BCUT2D eigenvalue weighted by molar-refractivity contribution is 1.32. The highest BCUT2D eigenvalue weighted by Gasteiger charge is 2.21. The molecule has 5 aromatic carbocycles. The van der Waals surface area contributed by atoms with E-state index >= 15 is 0 Å². The Balaban J connectivity index is 1.51. The van der Waals surface area contributed by atoms with E-state index < -0.39 is 0 Å². The lowest BCUT2D eigenvalue weighted by Crippen LogP contribution is -1.98. The molecule has 0 radical (unpaired) electrons. The first-order valence-corrected chi connectivity index (χ1v) is 14.4. The molecule has 0 aliphatic rings. The zero-order chi connectivity index (χ0) is 29.9. The van der Waals surface area contributed by atoms with Crippen molar-refractivity contribution in [3.8, 4) is 44.6 Å². The Bertz CT molecular complexity index is 2010. The minimum absolute atomic E-state index is 0.966. The SMILES string of the molecule is C=Cc1c(C(=C)C)cccc1-c1c(C=C)c(C=C)c(-c2ccc(-c3ccc(-c4ccccc4)nc3)cc2)c2ccccc12. The van der Waals surface area contributed by atoms with Gasteiger partial charge in [-0.25, -0.2) is 0 Å². The molecule has 0 unspecified atom stereocenters. The molecule has 1 heterocycles. The average Bonchev–Trinajstić information content (AvgIpc) is 3.07.